The molecule has 1 unspecified atom stereocenters. The van der Waals surface area contributed by atoms with E-state index in [1.807, 2.05) is 24.3 Å². The number of nitrogens with zero attached hydrogens (tertiary/aromatic N) is 2. The second kappa shape index (κ2) is 5.46. The maximum absolute atomic E-state index is 12.1. The summed E-state index contributed by atoms with van der Waals surface area (Å²) in [6.07, 6.45) is 3.71. The molecule has 0 saturated heterocycles. The second-order valence-electron chi connectivity index (χ2n) is 4.16. The lowest BCUT2D eigenvalue weighted by molar-refractivity contribution is -0.119. The molecule has 2 aromatic rings. The van der Waals surface area contributed by atoms with Crippen molar-refractivity contribution in [3.8, 4) is 0 Å². The number of ketones is 1. The highest BCUT2D eigenvalue weighted by atomic mass is 79.9. The molecule has 18 heavy (non-hydrogen) atoms. The fraction of sp³-hybridized carbons (Fsp3) is 0.231. The van der Waals surface area contributed by atoms with Crippen molar-refractivity contribution in [2.75, 3.05) is 0 Å². The molecule has 0 amide bonds. The topological polar surface area (TPSA) is 60.9 Å². The number of aryl methyl sites for hydroxylation is 1. The molecular weight excluding hydrogens is 294 g/mol. The summed E-state index contributed by atoms with van der Waals surface area (Å²) >= 11 is 3.42. The SMILES string of the molecule is Cn1cc(C(N)C(=O)Cc2ccccc2Br)cn1. The van der Waals surface area contributed by atoms with Crippen molar-refractivity contribution in [2.45, 2.75) is 12.5 Å². The van der Waals surface area contributed by atoms with Gasteiger partial charge in [0.05, 0.1) is 12.2 Å². The molecule has 0 radical (unpaired) electrons. The average Bonchev–Trinajstić information content (AvgIpc) is 2.78. The van der Waals surface area contributed by atoms with E-state index in [0.717, 1.165) is 15.6 Å². The molecule has 0 aliphatic carbocycles. The summed E-state index contributed by atoms with van der Waals surface area (Å²) < 4.78 is 2.57. The number of rotatable bonds is 4. The van der Waals surface area contributed by atoms with Crippen LogP contribution in [-0.2, 0) is 18.3 Å². The summed E-state index contributed by atoms with van der Waals surface area (Å²) in [4.78, 5) is 12.1. The van der Waals surface area contributed by atoms with Gasteiger partial charge in [0.25, 0.3) is 0 Å². The Labute approximate surface area is 114 Å². The maximum atomic E-state index is 12.1. The van der Waals surface area contributed by atoms with Gasteiger partial charge in [0.15, 0.2) is 5.78 Å². The van der Waals surface area contributed by atoms with Gasteiger partial charge in [0.1, 0.15) is 0 Å². The highest BCUT2D eigenvalue weighted by molar-refractivity contribution is 9.10. The van der Waals surface area contributed by atoms with Crippen LogP contribution in [-0.4, -0.2) is 15.6 Å². The van der Waals surface area contributed by atoms with Crippen molar-refractivity contribution in [1.29, 1.82) is 0 Å². The number of Topliss-reactive ketones (excluding diaryl/α,β-unsaturated/α-hetero) is 1. The molecule has 0 aliphatic heterocycles. The third-order valence-electron chi connectivity index (χ3n) is 2.75. The number of aromatic nitrogens is 2. The van der Waals surface area contributed by atoms with Crippen LogP contribution in [0.15, 0.2) is 41.1 Å². The third kappa shape index (κ3) is 2.86. The van der Waals surface area contributed by atoms with Crippen LogP contribution in [0, 0.1) is 0 Å². The van der Waals surface area contributed by atoms with Gasteiger partial charge in [-0.15, -0.1) is 0 Å². The number of carbonyl (C=O) groups excluding carboxylic acids is 1. The van der Waals surface area contributed by atoms with Gasteiger partial charge in [0, 0.05) is 29.7 Å². The van der Waals surface area contributed by atoms with E-state index in [-0.39, 0.29) is 5.78 Å². The van der Waals surface area contributed by atoms with Crippen molar-refractivity contribution in [1.82, 2.24) is 9.78 Å². The molecule has 0 aliphatic rings. The molecular formula is C13H14BrN3O. The van der Waals surface area contributed by atoms with E-state index in [1.165, 1.54) is 0 Å². The largest absolute Gasteiger partial charge is 0.318 e. The Kier molecular flexibility index (Phi) is 3.93. The van der Waals surface area contributed by atoms with Gasteiger partial charge < -0.3 is 5.73 Å². The van der Waals surface area contributed by atoms with Crippen molar-refractivity contribution >= 4 is 21.7 Å². The Morgan fingerprint density at radius 3 is 2.83 bits per heavy atom. The Morgan fingerprint density at radius 1 is 1.50 bits per heavy atom. The number of hydrogen-bond donors (Lipinski definition) is 1. The first-order valence-electron chi connectivity index (χ1n) is 5.58. The van der Waals surface area contributed by atoms with E-state index in [9.17, 15) is 4.79 Å². The van der Waals surface area contributed by atoms with Gasteiger partial charge in [0.2, 0.25) is 0 Å². The molecule has 0 fully saturated rings. The number of nitrogens with two attached hydrogens (primary N) is 1. The summed E-state index contributed by atoms with van der Waals surface area (Å²) in [7, 11) is 1.80. The van der Waals surface area contributed by atoms with Gasteiger partial charge in [-0.25, -0.2) is 0 Å². The molecule has 1 heterocycles. The van der Waals surface area contributed by atoms with E-state index in [2.05, 4.69) is 21.0 Å². The maximum Gasteiger partial charge on any atom is 0.158 e. The number of carbonyl (C=O) groups is 1. The minimum atomic E-state index is -0.620. The zero-order chi connectivity index (χ0) is 13.1. The standard InChI is InChI=1S/C13H14BrN3O/c1-17-8-10(7-16-17)13(15)12(18)6-9-4-2-3-5-11(9)14/h2-5,7-8,13H,6,15H2,1H3. The van der Waals surface area contributed by atoms with Gasteiger partial charge in [-0.05, 0) is 11.6 Å². The Morgan fingerprint density at radius 2 is 2.22 bits per heavy atom. The smallest absolute Gasteiger partial charge is 0.158 e. The van der Waals surface area contributed by atoms with Crippen LogP contribution in [0.25, 0.3) is 0 Å². The summed E-state index contributed by atoms with van der Waals surface area (Å²) in [6.45, 7) is 0. The van der Waals surface area contributed by atoms with Crippen LogP contribution in [0.1, 0.15) is 17.2 Å². The van der Waals surface area contributed by atoms with Crippen molar-refractivity contribution < 1.29 is 4.79 Å². The van der Waals surface area contributed by atoms with Gasteiger partial charge in [-0.2, -0.15) is 5.10 Å². The minimum Gasteiger partial charge on any atom is -0.318 e. The van der Waals surface area contributed by atoms with Gasteiger partial charge in [-0.1, -0.05) is 34.1 Å². The third-order valence-corrected chi connectivity index (χ3v) is 3.53. The number of halogens is 1. The quantitative estimate of drug-likeness (QED) is 0.939. The summed E-state index contributed by atoms with van der Waals surface area (Å²) in [5.74, 6) is -0.0186. The van der Waals surface area contributed by atoms with E-state index in [0.29, 0.717) is 6.42 Å². The molecule has 1 atom stereocenters. The van der Waals surface area contributed by atoms with Crippen LogP contribution < -0.4 is 5.73 Å². The van der Waals surface area contributed by atoms with E-state index >= 15 is 0 Å². The molecule has 94 valence electrons. The first kappa shape index (κ1) is 13.0. The van der Waals surface area contributed by atoms with Crippen LogP contribution in [0.5, 0.6) is 0 Å². The molecule has 2 rings (SSSR count). The van der Waals surface area contributed by atoms with E-state index in [1.54, 1.807) is 24.1 Å². The van der Waals surface area contributed by atoms with Crippen LogP contribution in [0.4, 0.5) is 0 Å². The first-order valence-corrected chi connectivity index (χ1v) is 6.37. The first-order chi connectivity index (χ1) is 8.58. The normalized spacial score (nSPS) is 12.4. The zero-order valence-electron chi connectivity index (χ0n) is 10.0. The van der Waals surface area contributed by atoms with Crippen LogP contribution in [0.2, 0.25) is 0 Å². The van der Waals surface area contributed by atoms with Gasteiger partial charge in [-0.3, -0.25) is 9.48 Å². The predicted molar refractivity (Wildman–Crippen MR) is 73.0 cm³/mol. The zero-order valence-corrected chi connectivity index (χ0v) is 11.6. The molecule has 4 nitrogen and oxygen atoms in total. The highest BCUT2D eigenvalue weighted by Crippen LogP contribution is 2.19. The minimum absolute atomic E-state index is 0.0186. The molecule has 5 heteroatoms. The van der Waals surface area contributed by atoms with E-state index in [4.69, 9.17) is 5.73 Å². The molecule has 1 aromatic heterocycles. The Bertz CT molecular complexity index is 565. The Hall–Kier alpha value is -1.46. The van der Waals surface area contributed by atoms with Crippen LogP contribution >= 0.6 is 15.9 Å². The summed E-state index contributed by atoms with van der Waals surface area (Å²) in [5, 5.41) is 4.02. The van der Waals surface area contributed by atoms with E-state index < -0.39 is 6.04 Å². The molecule has 0 bridgehead atoms. The van der Waals surface area contributed by atoms with Crippen molar-refractivity contribution in [3.63, 3.8) is 0 Å². The molecule has 0 spiro atoms. The number of hydrogen-bond acceptors (Lipinski definition) is 3. The lowest BCUT2D eigenvalue weighted by Gasteiger charge is -2.09. The van der Waals surface area contributed by atoms with Crippen LogP contribution in [0.3, 0.4) is 0 Å². The molecule has 1 aromatic carbocycles. The Balaban J connectivity index is 2.11. The monoisotopic (exact) mass is 307 g/mol. The summed E-state index contributed by atoms with van der Waals surface area (Å²) in [6, 6.07) is 7.03. The molecule has 2 N–H and O–H groups in total. The lowest BCUT2D eigenvalue weighted by atomic mass is 10.0. The highest BCUT2D eigenvalue weighted by Gasteiger charge is 2.18. The van der Waals surface area contributed by atoms with Crippen molar-refractivity contribution in [2.24, 2.45) is 12.8 Å². The second-order valence-corrected chi connectivity index (χ2v) is 5.01. The fourth-order valence-electron chi connectivity index (χ4n) is 1.73. The average molecular weight is 308 g/mol. The lowest BCUT2D eigenvalue weighted by Crippen LogP contribution is -2.22. The summed E-state index contributed by atoms with van der Waals surface area (Å²) in [5.41, 5.74) is 7.62. The number of benzene rings is 1. The predicted octanol–water partition coefficient (Wildman–Crippen LogP) is 1.99. The van der Waals surface area contributed by atoms with Gasteiger partial charge >= 0.3 is 0 Å². The molecule has 0 saturated carbocycles. The fourth-order valence-corrected chi connectivity index (χ4v) is 2.15. The van der Waals surface area contributed by atoms with Crippen molar-refractivity contribution in [3.05, 3.63) is 52.3 Å².